The first-order valence-electron chi connectivity index (χ1n) is 9.77. The largest absolute Gasteiger partial charge is 0.494 e. The van der Waals surface area contributed by atoms with Crippen LogP contribution in [0.5, 0.6) is 5.75 Å². The Morgan fingerprint density at radius 1 is 0.897 bits per heavy atom. The molecule has 0 saturated carbocycles. The van der Waals surface area contributed by atoms with Crippen molar-refractivity contribution in [3.8, 4) is 5.75 Å². The van der Waals surface area contributed by atoms with E-state index in [2.05, 4.69) is 59.9 Å². The van der Waals surface area contributed by atoms with Gasteiger partial charge in [-0.2, -0.15) is 0 Å². The molecule has 2 aromatic carbocycles. The topological polar surface area (TPSA) is 52.8 Å². The second-order valence-electron chi connectivity index (χ2n) is 7.44. The molecule has 0 spiro atoms. The SMILES string of the molecule is COc1cc(C)cc2ccc(CCc3nc4c5ncccc5ccc4n3C)nc12. The summed E-state index contributed by atoms with van der Waals surface area (Å²) in [7, 11) is 3.76. The molecule has 5 nitrogen and oxygen atoms in total. The van der Waals surface area contributed by atoms with Crippen molar-refractivity contribution >= 4 is 32.8 Å². The lowest BCUT2D eigenvalue weighted by Gasteiger charge is -2.08. The smallest absolute Gasteiger partial charge is 0.145 e. The number of benzene rings is 2. The van der Waals surface area contributed by atoms with Gasteiger partial charge in [0.15, 0.2) is 0 Å². The van der Waals surface area contributed by atoms with Crippen molar-refractivity contribution in [1.82, 2.24) is 19.5 Å². The molecular formula is C24H22N4O. The highest BCUT2D eigenvalue weighted by Gasteiger charge is 2.12. The van der Waals surface area contributed by atoms with E-state index in [9.17, 15) is 0 Å². The van der Waals surface area contributed by atoms with Crippen molar-refractivity contribution in [3.63, 3.8) is 0 Å². The third-order valence-electron chi connectivity index (χ3n) is 5.50. The van der Waals surface area contributed by atoms with E-state index >= 15 is 0 Å². The second-order valence-corrected chi connectivity index (χ2v) is 7.44. The van der Waals surface area contributed by atoms with Gasteiger partial charge in [0.05, 0.1) is 18.1 Å². The molecule has 0 bridgehead atoms. The van der Waals surface area contributed by atoms with Crippen LogP contribution in [0, 0.1) is 6.92 Å². The zero-order valence-electron chi connectivity index (χ0n) is 16.8. The van der Waals surface area contributed by atoms with Crippen LogP contribution in [0.15, 0.2) is 54.7 Å². The monoisotopic (exact) mass is 382 g/mol. The van der Waals surface area contributed by atoms with Gasteiger partial charge in [-0.05, 0) is 49.2 Å². The standard InChI is InChI=1S/C24H22N4O/c1-15-13-17-6-8-18(26-22(17)20(14-15)29-3)9-11-21-27-24-19(28(21)2)10-7-16-5-4-12-25-23(16)24/h4-8,10,12-14H,9,11H2,1-3H3. The Morgan fingerprint density at radius 2 is 1.76 bits per heavy atom. The molecule has 5 heteroatoms. The highest BCUT2D eigenvalue weighted by atomic mass is 16.5. The number of methoxy groups -OCH3 is 1. The summed E-state index contributed by atoms with van der Waals surface area (Å²) >= 11 is 0. The predicted octanol–water partition coefficient (Wildman–Crippen LogP) is 4.77. The minimum atomic E-state index is 0.812. The van der Waals surface area contributed by atoms with Gasteiger partial charge in [-0.15, -0.1) is 0 Å². The summed E-state index contributed by atoms with van der Waals surface area (Å²) in [5.74, 6) is 1.86. The Bertz CT molecular complexity index is 1370. The van der Waals surface area contributed by atoms with Crippen LogP contribution in [0.4, 0.5) is 0 Å². The van der Waals surface area contributed by atoms with Crippen molar-refractivity contribution in [2.45, 2.75) is 19.8 Å². The third-order valence-corrected chi connectivity index (χ3v) is 5.50. The second kappa shape index (κ2) is 6.85. The number of hydrogen-bond donors (Lipinski definition) is 0. The van der Waals surface area contributed by atoms with Crippen molar-refractivity contribution in [1.29, 1.82) is 0 Å². The van der Waals surface area contributed by atoms with Gasteiger partial charge in [-0.1, -0.05) is 18.2 Å². The van der Waals surface area contributed by atoms with E-state index in [0.29, 0.717) is 0 Å². The van der Waals surface area contributed by atoms with Crippen molar-refractivity contribution in [2.75, 3.05) is 7.11 Å². The Balaban J connectivity index is 1.49. The van der Waals surface area contributed by atoms with Gasteiger partial charge in [-0.3, -0.25) is 4.98 Å². The van der Waals surface area contributed by atoms with Gasteiger partial charge in [0.2, 0.25) is 0 Å². The maximum absolute atomic E-state index is 5.54. The van der Waals surface area contributed by atoms with Gasteiger partial charge < -0.3 is 9.30 Å². The summed E-state index contributed by atoms with van der Waals surface area (Å²) in [4.78, 5) is 14.3. The summed E-state index contributed by atoms with van der Waals surface area (Å²) in [6, 6.07) is 16.7. The normalized spacial score (nSPS) is 11.6. The molecule has 0 atom stereocenters. The molecular weight excluding hydrogens is 360 g/mol. The summed E-state index contributed by atoms with van der Waals surface area (Å²) < 4.78 is 7.70. The number of rotatable bonds is 4. The fraction of sp³-hybridized carbons (Fsp3) is 0.208. The first-order valence-corrected chi connectivity index (χ1v) is 9.77. The average Bonchev–Trinajstić information content (AvgIpc) is 3.07. The highest BCUT2D eigenvalue weighted by Crippen LogP contribution is 2.27. The minimum Gasteiger partial charge on any atom is -0.494 e. The first-order chi connectivity index (χ1) is 14.1. The molecule has 0 unspecified atom stereocenters. The molecule has 3 aromatic heterocycles. The third kappa shape index (κ3) is 2.99. The van der Waals surface area contributed by atoms with Crippen molar-refractivity contribution in [3.05, 3.63) is 71.8 Å². The molecule has 0 amide bonds. The highest BCUT2D eigenvalue weighted by molar-refractivity contribution is 6.01. The molecule has 0 radical (unpaired) electrons. The predicted molar refractivity (Wildman–Crippen MR) is 116 cm³/mol. The molecule has 3 heterocycles. The van der Waals surface area contributed by atoms with Crippen LogP contribution in [0.1, 0.15) is 17.1 Å². The number of aromatic nitrogens is 4. The lowest BCUT2D eigenvalue weighted by atomic mass is 10.1. The summed E-state index contributed by atoms with van der Waals surface area (Å²) in [6.45, 7) is 2.07. The first kappa shape index (κ1) is 17.6. The van der Waals surface area contributed by atoms with Crippen molar-refractivity contribution < 1.29 is 4.74 Å². The summed E-state index contributed by atoms with van der Waals surface area (Å²) in [5.41, 5.74) is 6.14. The van der Waals surface area contributed by atoms with E-state index in [4.69, 9.17) is 14.7 Å². The lowest BCUT2D eigenvalue weighted by Crippen LogP contribution is -2.02. The Morgan fingerprint density at radius 3 is 2.62 bits per heavy atom. The number of aryl methyl sites for hydroxylation is 4. The maximum atomic E-state index is 5.54. The van der Waals surface area contributed by atoms with Crippen LogP contribution in [-0.4, -0.2) is 26.6 Å². The molecule has 0 aliphatic rings. The van der Waals surface area contributed by atoms with E-state index in [1.807, 2.05) is 18.3 Å². The van der Waals surface area contributed by atoms with Gasteiger partial charge in [0, 0.05) is 36.1 Å². The zero-order valence-corrected chi connectivity index (χ0v) is 16.8. The number of nitrogens with zero attached hydrogens (tertiary/aromatic N) is 4. The number of ether oxygens (including phenoxy) is 1. The minimum absolute atomic E-state index is 0.812. The van der Waals surface area contributed by atoms with Gasteiger partial charge >= 0.3 is 0 Å². The molecule has 0 saturated heterocycles. The molecule has 0 aliphatic heterocycles. The van der Waals surface area contributed by atoms with Gasteiger partial charge in [0.1, 0.15) is 22.6 Å². The van der Waals surface area contributed by atoms with Gasteiger partial charge in [-0.25, -0.2) is 9.97 Å². The molecule has 144 valence electrons. The van der Waals surface area contributed by atoms with Gasteiger partial charge in [0.25, 0.3) is 0 Å². The van der Waals surface area contributed by atoms with Crippen LogP contribution >= 0.6 is 0 Å². The Hall–Kier alpha value is -3.47. The molecule has 0 N–H and O–H groups in total. The van der Waals surface area contributed by atoms with E-state index in [1.54, 1.807) is 7.11 Å². The summed E-state index contributed by atoms with van der Waals surface area (Å²) in [6.07, 6.45) is 3.45. The maximum Gasteiger partial charge on any atom is 0.145 e. The number of fused-ring (bicyclic) bond motifs is 4. The van der Waals surface area contributed by atoms with E-state index in [1.165, 1.54) is 5.56 Å². The van der Waals surface area contributed by atoms with Crippen LogP contribution in [-0.2, 0) is 19.9 Å². The van der Waals surface area contributed by atoms with E-state index in [-0.39, 0.29) is 0 Å². The molecule has 5 rings (SSSR count). The van der Waals surface area contributed by atoms with Crippen LogP contribution in [0.2, 0.25) is 0 Å². The molecule has 0 aliphatic carbocycles. The van der Waals surface area contributed by atoms with Crippen LogP contribution in [0.3, 0.4) is 0 Å². The molecule has 5 aromatic rings. The van der Waals surface area contributed by atoms with Crippen LogP contribution < -0.4 is 4.74 Å². The van der Waals surface area contributed by atoms with E-state index in [0.717, 1.165) is 62.9 Å². The fourth-order valence-corrected chi connectivity index (χ4v) is 3.99. The summed E-state index contributed by atoms with van der Waals surface area (Å²) in [5, 5.41) is 2.22. The van der Waals surface area contributed by atoms with E-state index < -0.39 is 0 Å². The number of hydrogen-bond acceptors (Lipinski definition) is 4. The molecule has 0 fully saturated rings. The zero-order chi connectivity index (χ0) is 20.0. The quantitative estimate of drug-likeness (QED) is 0.449. The van der Waals surface area contributed by atoms with Crippen LogP contribution in [0.25, 0.3) is 32.8 Å². The number of pyridine rings is 2. The number of imidazole rings is 1. The Labute approximate surface area is 169 Å². The Kier molecular flexibility index (Phi) is 4.16. The average molecular weight is 382 g/mol. The molecule has 29 heavy (non-hydrogen) atoms. The van der Waals surface area contributed by atoms with Crippen molar-refractivity contribution in [2.24, 2.45) is 7.05 Å². The fourth-order valence-electron chi connectivity index (χ4n) is 3.99. The lowest BCUT2D eigenvalue weighted by molar-refractivity contribution is 0.418.